The van der Waals surface area contributed by atoms with Gasteiger partial charge < -0.3 is 9.71 Å². The van der Waals surface area contributed by atoms with E-state index in [1.54, 1.807) is 6.08 Å². The molecule has 1 unspecified atom stereocenters. The number of anilines is 1. The molecule has 1 aliphatic carbocycles. The number of amides is 1. The van der Waals surface area contributed by atoms with E-state index in [0.29, 0.717) is 11.3 Å². The van der Waals surface area contributed by atoms with Crippen LogP contribution in [0.25, 0.3) is 12.2 Å². The van der Waals surface area contributed by atoms with E-state index < -0.39 is 5.41 Å². The number of nitrogens with zero attached hydrogens (tertiary/aromatic N) is 1. The highest BCUT2D eigenvalue weighted by Crippen LogP contribution is 2.23. The molecule has 0 saturated heterocycles. The van der Waals surface area contributed by atoms with E-state index in [0.717, 1.165) is 16.3 Å². The largest absolute Gasteiger partial charge is 0.323 e. The fourth-order valence-corrected chi connectivity index (χ4v) is 2.32. The van der Waals surface area contributed by atoms with Crippen LogP contribution in [0.15, 0.2) is 12.2 Å². The molecule has 0 aromatic carbocycles. The first-order chi connectivity index (χ1) is 8.59. The van der Waals surface area contributed by atoms with Gasteiger partial charge in [-0.3, -0.25) is 9.52 Å². The molecule has 0 spiro atoms. The number of H-pyrrole nitrogens is 1. The van der Waals surface area contributed by atoms with Crippen LogP contribution in [0.3, 0.4) is 0 Å². The Balaban J connectivity index is 2.51. The summed E-state index contributed by atoms with van der Waals surface area (Å²) in [7, 11) is 0.978. The summed E-state index contributed by atoms with van der Waals surface area (Å²) in [6, 6.07) is 0. The number of nitrogens with one attached hydrogen (secondary N) is 3. The second-order valence-electron chi connectivity index (χ2n) is 3.97. The number of allylic oxidation sites excluding steroid dienone is 1. The van der Waals surface area contributed by atoms with E-state index in [1.165, 1.54) is 0 Å². The minimum absolute atomic E-state index is 0.150. The van der Waals surface area contributed by atoms with Crippen molar-refractivity contribution in [2.45, 2.75) is 6.92 Å². The maximum absolute atomic E-state index is 12.0. The molecule has 1 atom stereocenters. The molecule has 0 aliphatic heterocycles. The summed E-state index contributed by atoms with van der Waals surface area (Å²) in [5.74, 6) is 0.390. The van der Waals surface area contributed by atoms with Gasteiger partial charge in [-0.25, -0.2) is 4.98 Å². The Morgan fingerprint density at radius 3 is 3.06 bits per heavy atom. The van der Waals surface area contributed by atoms with E-state index in [9.17, 15) is 4.79 Å². The molecule has 1 aliphatic rings. The summed E-state index contributed by atoms with van der Waals surface area (Å²) in [5.41, 5.74) is -0.763. The third-order valence-electron chi connectivity index (χ3n) is 2.64. The van der Waals surface area contributed by atoms with Gasteiger partial charge in [-0.2, -0.15) is 0 Å². The zero-order valence-corrected chi connectivity index (χ0v) is 12.1. The summed E-state index contributed by atoms with van der Waals surface area (Å²) in [6.07, 6.45) is 7.30. The molecule has 18 heavy (non-hydrogen) atoms. The summed E-state index contributed by atoms with van der Waals surface area (Å²) < 4.78 is 5.25. The smallest absolute Gasteiger partial charge is 0.244 e. The van der Waals surface area contributed by atoms with Crippen LogP contribution in [0.2, 0.25) is 0 Å². The maximum Gasteiger partial charge on any atom is 0.244 e. The molecular formula is C10H12N4OS3. The molecule has 5 nitrogen and oxygen atoms in total. The first-order valence-electron chi connectivity index (χ1n) is 5.08. The van der Waals surface area contributed by atoms with Gasteiger partial charge in [-0.05, 0) is 19.1 Å². The monoisotopic (exact) mass is 300 g/mol. The van der Waals surface area contributed by atoms with Crippen LogP contribution >= 0.6 is 35.5 Å². The van der Waals surface area contributed by atoms with Crippen molar-refractivity contribution in [3.05, 3.63) is 22.9 Å². The van der Waals surface area contributed by atoms with E-state index >= 15 is 0 Å². The average Bonchev–Trinajstić information content (AvgIpc) is 2.64. The number of imidazole rings is 1. The van der Waals surface area contributed by atoms with E-state index in [1.807, 2.05) is 25.2 Å². The topological polar surface area (TPSA) is 69.8 Å². The third-order valence-corrected chi connectivity index (χ3v) is 3.40. The number of rotatable bonds is 3. The predicted octanol–water partition coefficient (Wildman–Crippen LogP) is 0.413. The number of aromatic amines is 1. The van der Waals surface area contributed by atoms with Crippen LogP contribution in [0.1, 0.15) is 6.92 Å². The van der Waals surface area contributed by atoms with Gasteiger partial charge >= 0.3 is 0 Å². The molecule has 96 valence electrons. The number of carbonyl (C=O) groups is 1. The molecule has 0 saturated carbocycles. The molecule has 1 aromatic rings. The standard InChI is InChI=1S/C10H12N4OS3/c1-10(8(15)14-18-17)4-2-3-6-7(5-10)12-9(11-6)13-16/h2-5,16-17H,1H3,(H,14,15)(H2,11,12,13). The molecule has 1 heterocycles. The molecule has 1 aromatic heterocycles. The highest BCUT2D eigenvalue weighted by molar-refractivity contribution is 8.68. The van der Waals surface area contributed by atoms with Crippen molar-refractivity contribution in [1.29, 1.82) is 0 Å². The Hall–Kier alpha value is -0.990. The van der Waals surface area contributed by atoms with Gasteiger partial charge in [-0.1, -0.05) is 36.6 Å². The lowest BCUT2D eigenvalue weighted by molar-refractivity contribution is -0.123. The van der Waals surface area contributed by atoms with Crippen LogP contribution in [0.4, 0.5) is 5.95 Å². The Morgan fingerprint density at radius 1 is 1.61 bits per heavy atom. The Labute approximate surface area is 119 Å². The fourth-order valence-electron chi connectivity index (χ4n) is 1.66. The molecule has 0 fully saturated rings. The number of aromatic nitrogens is 2. The quantitative estimate of drug-likeness (QED) is 0.319. The van der Waals surface area contributed by atoms with Crippen molar-refractivity contribution in [3.63, 3.8) is 0 Å². The van der Waals surface area contributed by atoms with Gasteiger partial charge in [0.2, 0.25) is 11.9 Å². The lowest BCUT2D eigenvalue weighted by atomic mass is 9.89. The van der Waals surface area contributed by atoms with E-state index in [4.69, 9.17) is 0 Å². The Bertz CT molecular complexity index is 609. The third kappa shape index (κ3) is 2.55. The van der Waals surface area contributed by atoms with Gasteiger partial charge in [0.15, 0.2) is 0 Å². The molecule has 0 radical (unpaired) electrons. The zero-order valence-electron chi connectivity index (χ0n) is 9.47. The zero-order chi connectivity index (χ0) is 13.2. The number of carbonyl (C=O) groups excluding carboxylic acids is 1. The minimum Gasteiger partial charge on any atom is -0.323 e. The molecule has 8 heteroatoms. The van der Waals surface area contributed by atoms with Gasteiger partial charge in [-0.15, -0.1) is 0 Å². The van der Waals surface area contributed by atoms with E-state index in [-0.39, 0.29) is 5.91 Å². The second-order valence-corrected chi connectivity index (χ2v) is 5.13. The number of fused-ring (bicyclic) bond motifs is 1. The molecule has 3 N–H and O–H groups in total. The highest BCUT2D eigenvalue weighted by atomic mass is 33.1. The summed E-state index contributed by atoms with van der Waals surface area (Å²) in [6.45, 7) is 1.81. The first-order valence-corrected chi connectivity index (χ1v) is 7.40. The van der Waals surface area contributed by atoms with E-state index in [2.05, 4.69) is 43.9 Å². The van der Waals surface area contributed by atoms with Crippen LogP contribution in [-0.2, 0) is 4.79 Å². The van der Waals surface area contributed by atoms with Crippen LogP contribution in [-0.4, -0.2) is 15.9 Å². The van der Waals surface area contributed by atoms with Crippen LogP contribution in [0, 0.1) is 5.41 Å². The van der Waals surface area contributed by atoms with Crippen molar-refractivity contribution < 1.29 is 4.79 Å². The normalized spacial score (nSPS) is 21.3. The van der Waals surface area contributed by atoms with Crippen molar-refractivity contribution in [1.82, 2.24) is 14.7 Å². The van der Waals surface area contributed by atoms with Gasteiger partial charge in [0.05, 0.1) is 16.1 Å². The molecular weight excluding hydrogens is 288 g/mol. The maximum atomic E-state index is 12.0. The highest BCUT2D eigenvalue weighted by Gasteiger charge is 2.28. The Kier molecular flexibility index (Phi) is 3.98. The Morgan fingerprint density at radius 2 is 2.39 bits per heavy atom. The van der Waals surface area contributed by atoms with Crippen molar-refractivity contribution in [2.24, 2.45) is 5.41 Å². The molecule has 0 bridgehead atoms. The summed E-state index contributed by atoms with van der Waals surface area (Å²) in [5, 5.41) is 1.54. The van der Waals surface area contributed by atoms with Gasteiger partial charge in [0.1, 0.15) is 0 Å². The predicted molar refractivity (Wildman–Crippen MR) is 81.3 cm³/mol. The number of hydrogen-bond acceptors (Lipinski definition) is 6. The minimum atomic E-state index is -0.763. The van der Waals surface area contributed by atoms with Crippen LogP contribution in [0.5, 0.6) is 0 Å². The number of thiol groups is 2. The lowest BCUT2D eigenvalue weighted by Gasteiger charge is -2.18. The lowest BCUT2D eigenvalue weighted by Crippen LogP contribution is -2.35. The van der Waals surface area contributed by atoms with Gasteiger partial charge in [0.25, 0.3) is 0 Å². The summed E-state index contributed by atoms with van der Waals surface area (Å²) >= 11 is 7.85. The number of hydrogen-bond donors (Lipinski definition) is 5. The second kappa shape index (κ2) is 5.33. The SMILES string of the molecule is CC1(C(=O)NSS)C=CC=c2[nH]c(NS)nc2=C1. The molecule has 1 amide bonds. The van der Waals surface area contributed by atoms with Gasteiger partial charge in [0, 0.05) is 11.0 Å². The molecule has 2 rings (SSSR count). The van der Waals surface area contributed by atoms with Crippen LogP contribution < -0.4 is 20.1 Å². The fraction of sp³-hybridized carbons (Fsp3) is 0.200. The first kappa shape index (κ1) is 13.4. The van der Waals surface area contributed by atoms with Crippen molar-refractivity contribution in [2.75, 3.05) is 4.72 Å². The van der Waals surface area contributed by atoms with Crippen molar-refractivity contribution >= 4 is 59.5 Å². The average molecular weight is 300 g/mol. The summed E-state index contributed by atoms with van der Waals surface area (Å²) in [4.78, 5) is 19.3. The van der Waals surface area contributed by atoms with Crippen molar-refractivity contribution in [3.8, 4) is 0 Å².